The summed E-state index contributed by atoms with van der Waals surface area (Å²) < 4.78 is 11.2. The van der Waals surface area contributed by atoms with Gasteiger partial charge in [0.25, 0.3) is 0 Å². The van der Waals surface area contributed by atoms with E-state index in [1.807, 2.05) is 13.1 Å². The fourth-order valence-electron chi connectivity index (χ4n) is 4.83. The molecule has 2 aliphatic rings. The van der Waals surface area contributed by atoms with Gasteiger partial charge in [-0.05, 0) is 33.6 Å². The first-order valence-electron chi connectivity index (χ1n) is 11.4. The van der Waals surface area contributed by atoms with Gasteiger partial charge in [0, 0.05) is 49.0 Å². The van der Waals surface area contributed by atoms with Crippen LogP contribution in [-0.4, -0.2) is 67.9 Å². The SMILES string of the molecule is CCNC(=NCc1ncc(C)c(OC)c1C)NCC1(N2CCOCC2)CCCCC1. The molecule has 0 atom stereocenters. The molecule has 3 rings (SSSR count). The molecule has 0 radical (unpaired) electrons. The summed E-state index contributed by atoms with van der Waals surface area (Å²) in [6, 6.07) is 0. The van der Waals surface area contributed by atoms with Crippen molar-refractivity contribution in [1.29, 1.82) is 0 Å². The van der Waals surface area contributed by atoms with Gasteiger partial charge in [0.05, 0.1) is 32.6 Å². The highest BCUT2D eigenvalue weighted by molar-refractivity contribution is 5.79. The number of aliphatic imine (C=N–C) groups is 1. The molecular weight excluding hydrogens is 378 g/mol. The van der Waals surface area contributed by atoms with E-state index < -0.39 is 0 Å². The number of hydrogen-bond acceptors (Lipinski definition) is 5. The Hall–Kier alpha value is -1.86. The highest BCUT2D eigenvalue weighted by Crippen LogP contribution is 2.34. The highest BCUT2D eigenvalue weighted by atomic mass is 16.5. The average Bonchev–Trinajstić information content (AvgIpc) is 2.78. The Bertz CT molecular complexity index is 710. The van der Waals surface area contributed by atoms with Gasteiger partial charge in [-0.3, -0.25) is 9.88 Å². The van der Waals surface area contributed by atoms with Crippen molar-refractivity contribution in [3.8, 4) is 5.75 Å². The van der Waals surface area contributed by atoms with E-state index in [0.29, 0.717) is 6.54 Å². The smallest absolute Gasteiger partial charge is 0.191 e. The van der Waals surface area contributed by atoms with Gasteiger partial charge in [0.1, 0.15) is 5.75 Å². The summed E-state index contributed by atoms with van der Waals surface area (Å²) in [6.07, 6.45) is 8.31. The fourth-order valence-corrected chi connectivity index (χ4v) is 4.83. The maximum absolute atomic E-state index is 5.61. The lowest BCUT2D eigenvalue weighted by molar-refractivity contribution is -0.0352. The molecule has 2 heterocycles. The standard InChI is InChI=1S/C23H39N5O2/c1-5-24-22(26-16-20-19(3)21(29-4)18(2)15-25-20)27-17-23(9-7-6-8-10-23)28-11-13-30-14-12-28/h15H,5-14,16-17H2,1-4H3,(H2,24,26,27). The third-order valence-corrected chi connectivity index (χ3v) is 6.53. The molecule has 0 amide bonds. The Balaban J connectivity index is 1.71. The lowest BCUT2D eigenvalue weighted by atomic mass is 9.80. The van der Waals surface area contributed by atoms with Crippen LogP contribution in [0.4, 0.5) is 0 Å². The molecule has 2 fully saturated rings. The minimum atomic E-state index is 0.208. The number of pyridine rings is 1. The average molecular weight is 418 g/mol. The molecule has 2 N–H and O–H groups in total. The topological polar surface area (TPSA) is 71.0 Å². The van der Waals surface area contributed by atoms with Crippen molar-refractivity contribution in [2.24, 2.45) is 4.99 Å². The van der Waals surface area contributed by atoms with Gasteiger partial charge in [0.15, 0.2) is 5.96 Å². The lowest BCUT2D eigenvalue weighted by Gasteiger charge is -2.48. The predicted molar refractivity (Wildman–Crippen MR) is 121 cm³/mol. The van der Waals surface area contributed by atoms with Gasteiger partial charge < -0.3 is 20.1 Å². The number of guanidine groups is 1. The van der Waals surface area contributed by atoms with E-state index in [2.05, 4.69) is 34.4 Å². The number of aromatic nitrogens is 1. The van der Waals surface area contributed by atoms with Crippen LogP contribution >= 0.6 is 0 Å². The number of nitrogens with one attached hydrogen (secondary N) is 2. The third kappa shape index (κ3) is 5.43. The van der Waals surface area contributed by atoms with E-state index in [9.17, 15) is 0 Å². The molecule has 0 bridgehead atoms. The van der Waals surface area contributed by atoms with E-state index in [1.165, 1.54) is 32.1 Å². The Morgan fingerprint density at radius 2 is 1.93 bits per heavy atom. The second-order valence-corrected chi connectivity index (χ2v) is 8.48. The molecule has 1 saturated carbocycles. The Labute approximate surface area is 181 Å². The molecule has 1 saturated heterocycles. The normalized spacial score (nSPS) is 20.1. The van der Waals surface area contributed by atoms with Crippen LogP contribution < -0.4 is 15.4 Å². The van der Waals surface area contributed by atoms with Crippen LogP contribution in [-0.2, 0) is 11.3 Å². The van der Waals surface area contributed by atoms with Crippen LogP contribution in [0.15, 0.2) is 11.2 Å². The fraction of sp³-hybridized carbons (Fsp3) is 0.739. The number of ether oxygens (including phenoxy) is 2. The second kappa shape index (κ2) is 11.0. The number of rotatable bonds is 7. The van der Waals surface area contributed by atoms with Gasteiger partial charge in [0.2, 0.25) is 0 Å². The number of nitrogens with zero attached hydrogens (tertiary/aromatic N) is 3. The van der Waals surface area contributed by atoms with Crippen LogP contribution in [0.3, 0.4) is 0 Å². The second-order valence-electron chi connectivity index (χ2n) is 8.48. The summed E-state index contributed by atoms with van der Waals surface area (Å²) in [6.45, 7) is 12.2. The van der Waals surface area contributed by atoms with Gasteiger partial charge in [-0.2, -0.15) is 0 Å². The molecule has 0 aromatic carbocycles. The molecule has 1 aromatic rings. The Morgan fingerprint density at radius 3 is 2.60 bits per heavy atom. The highest BCUT2D eigenvalue weighted by Gasteiger charge is 2.38. The molecule has 7 heteroatoms. The zero-order chi connectivity index (χ0) is 21.4. The van der Waals surface area contributed by atoms with Crippen molar-refractivity contribution in [2.75, 3.05) is 46.5 Å². The van der Waals surface area contributed by atoms with E-state index in [0.717, 1.165) is 67.9 Å². The van der Waals surface area contributed by atoms with Crippen molar-refractivity contribution in [3.63, 3.8) is 0 Å². The maximum atomic E-state index is 5.61. The summed E-state index contributed by atoms with van der Waals surface area (Å²) in [5.74, 6) is 1.76. The molecule has 1 aliphatic carbocycles. The first-order chi connectivity index (χ1) is 14.6. The van der Waals surface area contributed by atoms with Crippen molar-refractivity contribution < 1.29 is 9.47 Å². The zero-order valence-corrected chi connectivity index (χ0v) is 19.2. The monoisotopic (exact) mass is 417 g/mol. The molecule has 1 aromatic heterocycles. The van der Waals surface area contributed by atoms with Crippen molar-refractivity contribution in [2.45, 2.75) is 65.0 Å². The molecular formula is C23H39N5O2. The molecule has 0 spiro atoms. The quantitative estimate of drug-likeness (QED) is 0.525. The first-order valence-corrected chi connectivity index (χ1v) is 11.4. The maximum Gasteiger partial charge on any atom is 0.191 e. The minimum absolute atomic E-state index is 0.208. The van der Waals surface area contributed by atoms with Gasteiger partial charge in [-0.25, -0.2) is 4.99 Å². The number of aryl methyl sites for hydroxylation is 1. The van der Waals surface area contributed by atoms with E-state index >= 15 is 0 Å². The number of methoxy groups -OCH3 is 1. The minimum Gasteiger partial charge on any atom is -0.496 e. The van der Waals surface area contributed by atoms with Crippen LogP contribution in [0, 0.1) is 13.8 Å². The summed E-state index contributed by atoms with van der Waals surface area (Å²) in [5.41, 5.74) is 3.28. The molecule has 7 nitrogen and oxygen atoms in total. The Kier molecular flexibility index (Phi) is 8.33. The molecule has 0 unspecified atom stereocenters. The van der Waals surface area contributed by atoms with Crippen LogP contribution in [0.5, 0.6) is 5.75 Å². The summed E-state index contributed by atoms with van der Waals surface area (Å²) in [4.78, 5) is 12.1. The van der Waals surface area contributed by atoms with E-state index in [-0.39, 0.29) is 5.54 Å². The lowest BCUT2D eigenvalue weighted by Crippen LogP contribution is -2.60. The first kappa shape index (κ1) is 22.8. The Morgan fingerprint density at radius 1 is 1.20 bits per heavy atom. The molecule has 168 valence electrons. The number of hydrogen-bond donors (Lipinski definition) is 2. The van der Waals surface area contributed by atoms with Crippen LogP contribution in [0.1, 0.15) is 55.8 Å². The largest absolute Gasteiger partial charge is 0.496 e. The summed E-state index contributed by atoms with van der Waals surface area (Å²) in [5, 5.41) is 7.06. The number of morpholine rings is 1. The van der Waals surface area contributed by atoms with Crippen LogP contribution in [0.25, 0.3) is 0 Å². The summed E-state index contributed by atoms with van der Waals surface area (Å²) >= 11 is 0. The molecule has 1 aliphatic heterocycles. The van der Waals surface area contributed by atoms with Crippen molar-refractivity contribution in [1.82, 2.24) is 20.5 Å². The van der Waals surface area contributed by atoms with Crippen molar-refractivity contribution >= 4 is 5.96 Å². The van der Waals surface area contributed by atoms with E-state index in [1.54, 1.807) is 7.11 Å². The van der Waals surface area contributed by atoms with Gasteiger partial charge in [-0.15, -0.1) is 0 Å². The van der Waals surface area contributed by atoms with Gasteiger partial charge in [-0.1, -0.05) is 19.3 Å². The zero-order valence-electron chi connectivity index (χ0n) is 19.2. The van der Waals surface area contributed by atoms with Crippen LogP contribution in [0.2, 0.25) is 0 Å². The third-order valence-electron chi connectivity index (χ3n) is 6.53. The van der Waals surface area contributed by atoms with Crippen molar-refractivity contribution in [3.05, 3.63) is 23.0 Å². The summed E-state index contributed by atoms with van der Waals surface area (Å²) in [7, 11) is 1.71. The van der Waals surface area contributed by atoms with E-state index in [4.69, 9.17) is 14.5 Å². The van der Waals surface area contributed by atoms with Gasteiger partial charge >= 0.3 is 0 Å². The molecule has 30 heavy (non-hydrogen) atoms. The predicted octanol–water partition coefficient (Wildman–Crippen LogP) is 2.80.